The summed E-state index contributed by atoms with van der Waals surface area (Å²) in [5.41, 5.74) is 10.0. The Bertz CT molecular complexity index is 196. The Morgan fingerprint density at radius 3 is 2.57 bits per heavy atom. The van der Waals surface area contributed by atoms with E-state index in [4.69, 9.17) is 11.5 Å². The van der Waals surface area contributed by atoms with E-state index in [0.29, 0.717) is 6.54 Å². The minimum atomic E-state index is -0.524. The summed E-state index contributed by atoms with van der Waals surface area (Å²) in [4.78, 5) is 21.1. The number of hydrogen-bond acceptors (Lipinski definition) is 3. The molecule has 0 rings (SSSR count). The summed E-state index contributed by atoms with van der Waals surface area (Å²) in [6, 6.07) is -0.454. The molecule has 0 saturated heterocycles. The van der Waals surface area contributed by atoms with Crippen molar-refractivity contribution in [3.8, 4) is 0 Å². The third-order valence-corrected chi connectivity index (χ3v) is 1.71. The normalized spacial score (nSPS) is 11.9. The fraction of sp³-hybridized carbons (Fsp3) is 0.750. The average Bonchev–Trinajstić information content (AvgIpc) is 2.12. The number of hydrogen-bond donors (Lipinski definition) is 4. The molecule has 0 saturated carbocycles. The first kappa shape index (κ1) is 12.7. The van der Waals surface area contributed by atoms with Crippen LogP contribution in [0.4, 0.5) is 4.79 Å². The molecule has 6 heteroatoms. The van der Waals surface area contributed by atoms with Gasteiger partial charge in [-0.15, -0.1) is 0 Å². The van der Waals surface area contributed by atoms with Crippen molar-refractivity contribution in [1.82, 2.24) is 10.6 Å². The van der Waals surface area contributed by atoms with Crippen molar-refractivity contribution in [2.45, 2.75) is 25.8 Å². The largest absolute Gasteiger partial charge is 0.353 e. The number of carbonyl (C=O) groups is 2. The van der Waals surface area contributed by atoms with E-state index in [0.717, 1.165) is 12.8 Å². The third kappa shape index (κ3) is 7.35. The molecule has 0 bridgehead atoms. The van der Waals surface area contributed by atoms with Crippen molar-refractivity contribution in [2.75, 3.05) is 13.1 Å². The monoisotopic (exact) mass is 202 g/mol. The maximum atomic E-state index is 10.8. The van der Waals surface area contributed by atoms with E-state index in [1.165, 1.54) is 0 Å². The van der Waals surface area contributed by atoms with E-state index in [1.807, 2.05) is 6.92 Å². The Hall–Kier alpha value is -1.30. The topological polar surface area (TPSA) is 110 Å². The standard InChI is InChI=1S/C8H18N4O2/c1-6(12-7(13)5-9)3-2-4-11-8(10)14/h6H,2-5,9H2,1H3,(H,12,13)(H3,10,11,14). The Labute approximate surface area is 83.4 Å². The second-order valence-electron chi connectivity index (χ2n) is 3.11. The smallest absolute Gasteiger partial charge is 0.312 e. The Kier molecular flexibility index (Phi) is 6.47. The molecule has 0 aliphatic carbocycles. The van der Waals surface area contributed by atoms with Crippen molar-refractivity contribution < 1.29 is 9.59 Å². The summed E-state index contributed by atoms with van der Waals surface area (Å²) in [6.45, 7) is 2.42. The van der Waals surface area contributed by atoms with Gasteiger partial charge in [-0.1, -0.05) is 0 Å². The Morgan fingerprint density at radius 1 is 1.43 bits per heavy atom. The molecule has 0 heterocycles. The molecule has 0 aromatic heterocycles. The van der Waals surface area contributed by atoms with Gasteiger partial charge < -0.3 is 22.1 Å². The molecular formula is C8H18N4O2. The van der Waals surface area contributed by atoms with Gasteiger partial charge in [0.1, 0.15) is 0 Å². The maximum Gasteiger partial charge on any atom is 0.312 e. The predicted molar refractivity (Wildman–Crippen MR) is 53.5 cm³/mol. The van der Waals surface area contributed by atoms with Crippen LogP contribution in [0, 0.1) is 0 Å². The molecule has 14 heavy (non-hydrogen) atoms. The molecule has 0 aliphatic heterocycles. The molecule has 1 unspecified atom stereocenters. The van der Waals surface area contributed by atoms with Crippen LogP contribution in [-0.2, 0) is 4.79 Å². The first-order valence-corrected chi connectivity index (χ1v) is 4.59. The van der Waals surface area contributed by atoms with Gasteiger partial charge in [0, 0.05) is 12.6 Å². The lowest BCUT2D eigenvalue weighted by Gasteiger charge is -2.12. The second kappa shape index (κ2) is 7.14. The molecule has 0 spiro atoms. The lowest BCUT2D eigenvalue weighted by atomic mass is 10.2. The highest BCUT2D eigenvalue weighted by atomic mass is 16.2. The Balaban J connectivity index is 3.39. The van der Waals surface area contributed by atoms with E-state index in [1.54, 1.807) is 0 Å². The predicted octanol–water partition coefficient (Wildman–Crippen LogP) is -1.10. The fourth-order valence-corrected chi connectivity index (χ4v) is 1.03. The first-order chi connectivity index (χ1) is 6.56. The van der Waals surface area contributed by atoms with Crippen molar-refractivity contribution in [1.29, 1.82) is 0 Å². The van der Waals surface area contributed by atoms with Crippen LogP contribution in [0.25, 0.3) is 0 Å². The molecule has 0 radical (unpaired) electrons. The molecular weight excluding hydrogens is 184 g/mol. The van der Waals surface area contributed by atoms with Gasteiger partial charge in [-0.25, -0.2) is 4.79 Å². The van der Waals surface area contributed by atoms with Gasteiger partial charge in [-0.2, -0.15) is 0 Å². The number of rotatable bonds is 6. The molecule has 0 fully saturated rings. The third-order valence-electron chi connectivity index (χ3n) is 1.71. The lowest BCUT2D eigenvalue weighted by Crippen LogP contribution is -2.37. The van der Waals surface area contributed by atoms with Gasteiger partial charge >= 0.3 is 6.03 Å². The van der Waals surface area contributed by atoms with E-state index in [9.17, 15) is 9.59 Å². The molecule has 0 aromatic rings. The van der Waals surface area contributed by atoms with Gasteiger partial charge in [0.25, 0.3) is 0 Å². The number of nitrogens with two attached hydrogens (primary N) is 2. The van der Waals surface area contributed by atoms with Crippen LogP contribution < -0.4 is 22.1 Å². The van der Waals surface area contributed by atoms with Crippen LogP contribution in [-0.4, -0.2) is 31.1 Å². The number of primary amides is 1. The van der Waals surface area contributed by atoms with E-state index < -0.39 is 6.03 Å². The SMILES string of the molecule is CC(CCCNC(N)=O)NC(=O)CN. The van der Waals surface area contributed by atoms with Gasteiger partial charge in [0.05, 0.1) is 6.54 Å². The summed E-state index contributed by atoms with van der Waals surface area (Å²) in [5.74, 6) is -0.166. The molecule has 6 N–H and O–H groups in total. The summed E-state index contributed by atoms with van der Waals surface area (Å²) in [7, 11) is 0. The summed E-state index contributed by atoms with van der Waals surface area (Å²) in [5, 5.41) is 5.18. The zero-order valence-electron chi connectivity index (χ0n) is 8.38. The van der Waals surface area contributed by atoms with Gasteiger partial charge in [-0.3, -0.25) is 4.79 Å². The quantitative estimate of drug-likeness (QED) is 0.410. The van der Waals surface area contributed by atoms with Crippen LogP contribution in [0.15, 0.2) is 0 Å². The van der Waals surface area contributed by atoms with Crippen LogP contribution >= 0.6 is 0 Å². The highest BCUT2D eigenvalue weighted by Gasteiger charge is 2.04. The summed E-state index contributed by atoms with van der Waals surface area (Å²) < 4.78 is 0. The zero-order chi connectivity index (χ0) is 11.0. The van der Waals surface area contributed by atoms with E-state index in [-0.39, 0.29) is 18.5 Å². The lowest BCUT2D eigenvalue weighted by molar-refractivity contribution is -0.120. The Morgan fingerprint density at radius 2 is 2.07 bits per heavy atom. The number of urea groups is 1. The number of amides is 3. The second-order valence-corrected chi connectivity index (χ2v) is 3.11. The van der Waals surface area contributed by atoms with Crippen LogP contribution in [0.3, 0.4) is 0 Å². The van der Waals surface area contributed by atoms with Crippen molar-refractivity contribution in [3.05, 3.63) is 0 Å². The number of carbonyl (C=O) groups excluding carboxylic acids is 2. The fourth-order valence-electron chi connectivity index (χ4n) is 1.03. The van der Waals surface area contributed by atoms with Crippen molar-refractivity contribution in [3.63, 3.8) is 0 Å². The molecule has 3 amide bonds. The highest BCUT2D eigenvalue weighted by molar-refractivity contribution is 5.77. The maximum absolute atomic E-state index is 10.8. The first-order valence-electron chi connectivity index (χ1n) is 4.59. The van der Waals surface area contributed by atoms with Crippen LogP contribution in [0.5, 0.6) is 0 Å². The van der Waals surface area contributed by atoms with Crippen LogP contribution in [0.1, 0.15) is 19.8 Å². The minimum absolute atomic E-state index is 0.00385. The van der Waals surface area contributed by atoms with E-state index >= 15 is 0 Å². The van der Waals surface area contributed by atoms with Crippen molar-refractivity contribution >= 4 is 11.9 Å². The minimum Gasteiger partial charge on any atom is -0.353 e. The molecule has 1 atom stereocenters. The average molecular weight is 202 g/mol. The van der Waals surface area contributed by atoms with Gasteiger partial charge in [0.15, 0.2) is 0 Å². The van der Waals surface area contributed by atoms with Gasteiger partial charge in [0.2, 0.25) is 5.91 Å². The summed E-state index contributed by atoms with van der Waals surface area (Å²) in [6.07, 6.45) is 1.56. The molecule has 82 valence electrons. The van der Waals surface area contributed by atoms with Crippen LogP contribution in [0.2, 0.25) is 0 Å². The number of nitrogens with one attached hydrogen (secondary N) is 2. The molecule has 0 aromatic carbocycles. The van der Waals surface area contributed by atoms with E-state index in [2.05, 4.69) is 10.6 Å². The van der Waals surface area contributed by atoms with Gasteiger partial charge in [-0.05, 0) is 19.8 Å². The highest BCUT2D eigenvalue weighted by Crippen LogP contribution is 1.94. The molecule has 0 aliphatic rings. The molecule has 6 nitrogen and oxygen atoms in total. The summed E-state index contributed by atoms with van der Waals surface area (Å²) >= 11 is 0. The zero-order valence-corrected chi connectivity index (χ0v) is 8.38. The van der Waals surface area contributed by atoms with Crippen molar-refractivity contribution in [2.24, 2.45) is 11.5 Å².